The smallest absolute Gasteiger partial charge is 0.321 e. The summed E-state index contributed by atoms with van der Waals surface area (Å²) in [6.07, 6.45) is -2.50. The molecular formula is C5H7NO7S. The molecule has 1 aliphatic rings. The van der Waals surface area contributed by atoms with Crippen molar-refractivity contribution < 1.29 is 32.5 Å². The van der Waals surface area contributed by atoms with Crippen molar-refractivity contribution in [1.29, 1.82) is 0 Å². The van der Waals surface area contributed by atoms with Crippen LogP contribution in [0.15, 0.2) is 0 Å². The Balaban J connectivity index is 2.89. The van der Waals surface area contributed by atoms with Gasteiger partial charge < -0.3 is 9.94 Å². The Morgan fingerprint density at radius 2 is 2.14 bits per heavy atom. The molecule has 1 aliphatic heterocycles. The van der Waals surface area contributed by atoms with Gasteiger partial charge in [-0.1, -0.05) is 0 Å². The van der Waals surface area contributed by atoms with E-state index in [0.29, 0.717) is 0 Å². The molecule has 1 fully saturated rings. The molecule has 1 rings (SSSR count). The number of amides is 1. The summed E-state index contributed by atoms with van der Waals surface area (Å²) >= 11 is 0. The molecule has 1 amide bonds. The maximum atomic E-state index is 10.9. The van der Waals surface area contributed by atoms with Crippen molar-refractivity contribution in [1.82, 2.24) is 5.06 Å². The molecule has 80 valence electrons. The van der Waals surface area contributed by atoms with Crippen LogP contribution in [0.3, 0.4) is 0 Å². The zero-order valence-electron chi connectivity index (χ0n) is 6.73. The van der Waals surface area contributed by atoms with Crippen LogP contribution < -0.4 is 0 Å². The van der Waals surface area contributed by atoms with E-state index in [2.05, 4.69) is 4.84 Å². The summed E-state index contributed by atoms with van der Waals surface area (Å²) < 4.78 is 29.8. The van der Waals surface area contributed by atoms with Crippen molar-refractivity contribution in [2.24, 2.45) is 0 Å². The number of rotatable bonds is 3. The molecule has 14 heavy (non-hydrogen) atoms. The third kappa shape index (κ3) is 1.84. The minimum atomic E-state index is -4.54. The zero-order valence-corrected chi connectivity index (χ0v) is 7.55. The molecule has 2 N–H and O–H groups in total. The van der Waals surface area contributed by atoms with Gasteiger partial charge in [0.25, 0.3) is 16.0 Å². The second kappa shape index (κ2) is 3.52. The van der Waals surface area contributed by atoms with Gasteiger partial charge in [0.15, 0.2) is 6.23 Å². The average molecular weight is 225 g/mol. The van der Waals surface area contributed by atoms with E-state index in [1.807, 2.05) is 0 Å². The number of hydrogen-bond acceptors (Lipinski definition) is 6. The molecule has 0 radical (unpaired) electrons. The van der Waals surface area contributed by atoms with Crippen molar-refractivity contribution >= 4 is 22.5 Å². The number of aliphatic hydroxyl groups excluding tert-OH is 1. The van der Waals surface area contributed by atoms with Gasteiger partial charge in [-0.15, -0.1) is 5.06 Å². The van der Waals surface area contributed by atoms with E-state index in [9.17, 15) is 18.0 Å². The summed E-state index contributed by atoms with van der Waals surface area (Å²) in [6.45, 7) is -0.131. The third-order valence-electron chi connectivity index (χ3n) is 1.73. The van der Waals surface area contributed by atoms with Gasteiger partial charge in [-0.3, -0.25) is 14.1 Å². The predicted molar refractivity (Wildman–Crippen MR) is 40.0 cm³/mol. The molecular weight excluding hydrogens is 218 g/mol. The first kappa shape index (κ1) is 10.9. The first-order valence-electron chi connectivity index (χ1n) is 3.44. The van der Waals surface area contributed by atoms with E-state index in [1.165, 1.54) is 0 Å². The summed E-state index contributed by atoms with van der Waals surface area (Å²) in [4.78, 5) is 24.8. The van der Waals surface area contributed by atoms with Crippen LogP contribution in [0.25, 0.3) is 0 Å². The molecule has 0 aromatic heterocycles. The normalized spacial score (nSPS) is 27.9. The number of carbonyl (C=O) groups excluding carboxylic acids is 2. The van der Waals surface area contributed by atoms with Crippen molar-refractivity contribution in [3.63, 3.8) is 0 Å². The molecule has 1 saturated heterocycles. The predicted octanol–water partition coefficient (Wildman–Crippen LogP) is -2.12. The van der Waals surface area contributed by atoms with Gasteiger partial charge in [-0.2, -0.15) is 8.42 Å². The highest BCUT2D eigenvalue weighted by Gasteiger charge is 2.47. The monoisotopic (exact) mass is 225 g/mol. The maximum Gasteiger partial charge on any atom is 0.321 e. The van der Waals surface area contributed by atoms with Crippen LogP contribution in [-0.2, 0) is 24.5 Å². The average Bonchev–Trinajstić information content (AvgIpc) is 2.31. The fourth-order valence-electron chi connectivity index (χ4n) is 1.09. The van der Waals surface area contributed by atoms with E-state index in [0.717, 1.165) is 0 Å². The van der Waals surface area contributed by atoms with E-state index in [-0.39, 0.29) is 11.5 Å². The van der Waals surface area contributed by atoms with Crippen molar-refractivity contribution in [3.8, 4) is 0 Å². The lowest BCUT2D eigenvalue weighted by molar-refractivity contribution is -0.209. The number of nitrogens with zero attached hydrogens (tertiary/aromatic N) is 1. The first-order valence-corrected chi connectivity index (χ1v) is 4.95. The van der Waals surface area contributed by atoms with E-state index in [1.54, 1.807) is 0 Å². The summed E-state index contributed by atoms with van der Waals surface area (Å²) in [5, 5.41) is 7.68. The lowest BCUT2D eigenvalue weighted by Crippen LogP contribution is -2.39. The number of aliphatic hydroxyl groups is 1. The molecule has 9 heteroatoms. The molecule has 0 aromatic rings. The molecule has 0 spiro atoms. The Bertz CT molecular complexity index is 349. The van der Waals surface area contributed by atoms with Gasteiger partial charge in [-0.25, -0.2) is 0 Å². The fraction of sp³-hybridized carbons (Fsp3) is 0.600. The Morgan fingerprint density at radius 1 is 1.57 bits per heavy atom. The number of carbonyl (C=O) groups is 2. The van der Waals surface area contributed by atoms with Gasteiger partial charge in [0, 0.05) is 0 Å². The van der Waals surface area contributed by atoms with Crippen LogP contribution >= 0.6 is 0 Å². The van der Waals surface area contributed by atoms with E-state index < -0.39 is 33.9 Å². The van der Waals surface area contributed by atoms with Gasteiger partial charge in [-0.05, 0) is 0 Å². The highest BCUT2D eigenvalue weighted by atomic mass is 32.2. The molecule has 0 bridgehead atoms. The van der Waals surface area contributed by atoms with E-state index in [4.69, 9.17) is 9.66 Å². The van der Waals surface area contributed by atoms with Gasteiger partial charge in [0.05, 0.1) is 6.42 Å². The lowest BCUT2D eigenvalue weighted by Gasteiger charge is -2.17. The van der Waals surface area contributed by atoms with Gasteiger partial charge >= 0.3 is 6.47 Å². The highest BCUT2D eigenvalue weighted by molar-refractivity contribution is 7.86. The zero-order chi connectivity index (χ0) is 10.9. The molecule has 2 unspecified atom stereocenters. The SMILES string of the molecule is O=CON1C(=O)CC(S(=O)(=O)O)C1O. The molecule has 0 aromatic carbocycles. The van der Waals surface area contributed by atoms with Crippen LogP contribution in [-0.4, -0.2) is 47.0 Å². The van der Waals surface area contributed by atoms with Gasteiger partial charge in [0.2, 0.25) is 0 Å². The molecule has 2 atom stereocenters. The second-order valence-electron chi connectivity index (χ2n) is 2.59. The molecule has 8 nitrogen and oxygen atoms in total. The summed E-state index contributed by atoms with van der Waals surface area (Å²) in [6, 6.07) is 0. The Morgan fingerprint density at radius 3 is 2.50 bits per heavy atom. The van der Waals surface area contributed by atoms with Crippen molar-refractivity contribution in [3.05, 3.63) is 0 Å². The summed E-state index contributed by atoms with van der Waals surface area (Å²) in [5.74, 6) is -0.896. The maximum absolute atomic E-state index is 10.9. The second-order valence-corrected chi connectivity index (χ2v) is 4.23. The quantitative estimate of drug-likeness (QED) is 0.416. The Kier molecular flexibility index (Phi) is 2.73. The first-order chi connectivity index (χ1) is 6.38. The van der Waals surface area contributed by atoms with Crippen LogP contribution in [0.5, 0.6) is 0 Å². The topological polar surface area (TPSA) is 121 Å². The fourth-order valence-corrected chi connectivity index (χ4v) is 1.86. The van der Waals surface area contributed by atoms with Crippen molar-refractivity contribution in [2.45, 2.75) is 17.9 Å². The minimum absolute atomic E-state index is 0.131. The lowest BCUT2D eigenvalue weighted by atomic mass is 10.3. The van der Waals surface area contributed by atoms with Crippen LogP contribution in [0, 0.1) is 0 Å². The number of hydrogen-bond donors (Lipinski definition) is 2. The summed E-state index contributed by atoms with van der Waals surface area (Å²) in [7, 11) is -4.54. The van der Waals surface area contributed by atoms with Crippen LogP contribution in [0.1, 0.15) is 6.42 Å². The molecule has 0 aliphatic carbocycles. The van der Waals surface area contributed by atoms with E-state index >= 15 is 0 Å². The Hall–Kier alpha value is -1.19. The molecule has 0 saturated carbocycles. The highest BCUT2D eigenvalue weighted by Crippen LogP contribution is 2.22. The third-order valence-corrected chi connectivity index (χ3v) is 2.91. The largest absolute Gasteiger partial charge is 0.369 e. The van der Waals surface area contributed by atoms with Crippen LogP contribution in [0.2, 0.25) is 0 Å². The van der Waals surface area contributed by atoms with Crippen LogP contribution in [0.4, 0.5) is 0 Å². The molecule has 1 heterocycles. The summed E-state index contributed by atoms with van der Waals surface area (Å²) in [5.41, 5.74) is 0. The minimum Gasteiger partial charge on any atom is -0.369 e. The standard InChI is InChI=1S/C5H7NO7S/c7-2-13-6-4(8)1-3(5(6)9)14(10,11)12/h2-3,5,9H,1H2,(H,10,11,12). The van der Waals surface area contributed by atoms with Gasteiger partial charge in [0.1, 0.15) is 5.25 Å². The van der Waals surface area contributed by atoms with Crippen molar-refractivity contribution in [2.75, 3.05) is 0 Å². The Labute approximate surface area is 78.8 Å². The number of hydroxylamine groups is 2.